The molecular formula is C17H29N3O5Si. The Morgan fingerprint density at radius 2 is 2.15 bits per heavy atom. The molecule has 3 unspecified atom stereocenters. The molecule has 1 aromatic rings. The molecule has 2 N–H and O–H groups in total. The number of hydrogen-bond acceptors (Lipinski definition) is 6. The number of amides is 1. The van der Waals surface area contributed by atoms with E-state index < -0.39 is 32.4 Å². The first-order valence-corrected chi connectivity index (χ1v) is 11.7. The van der Waals surface area contributed by atoms with Crippen LogP contribution in [0.2, 0.25) is 18.1 Å². The van der Waals surface area contributed by atoms with Crippen molar-refractivity contribution in [2.24, 2.45) is 0 Å². The van der Waals surface area contributed by atoms with Crippen molar-refractivity contribution in [1.82, 2.24) is 9.55 Å². The van der Waals surface area contributed by atoms with Gasteiger partial charge in [0.1, 0.15) is 18.1 Å². The average molecular weight is 384 g/mol. The fraction of sp³-hybridized carbons (Fsp3) is 0.706. The molecule has 0 bridgehead atoms. The van der Waals surface area contributed by atoms with Gasteiger partial charge in [0, 0.05) is 19.5 Å². The molecule has 8 nitrogen and oxygen atoms in total. The first-order valence-electron chi connectivity index (χ1n) is 8.75. The van der Waals surface area contributed by atoms with Crippen LogP contribution in [-0.4, -0.2) is 47.7 Å². The van der Waals surface area contributed by atoms with E-state index in [-0.39, 0.29) is 23.2 Å². The summed E-state index contributed by atoms with van der Waals surface area (Å²) in [5, 5.41) is 12.8. The van der Waals surface area contributed by atoms with Crippen molar-refractivity contribution in [2.75, 3.05) is 11.9 Å². The smallest absolute Gasteiger partial charge is 0.351 e. The first-order chi connectivity index (χ1) is 11.9. The molecular weight excluding hydrogens is 354 g/mol. The molecule has 3 atom stereocenters. The maximum atomic E-state index is 12.2. The Labute approximate surface area is 154 Å². The van der Waals surface area contributed by atoms with Crippen LogP contribution in [0.25, 0.3) is 0 Å². The van der Waals surface area contributed by atoms with Crippen molar-refractivity contribution in [3.63, 3.8) is 0 Å². The van der Waals surface area contributed by atoms with E-state index >= 15 is 0 Å². The number of aliphatic hydroxyl groups excluding tert-OH is 1. The molecule has 1 saturated heterocycles. The number of carbonyl (C=O) groups excluding carboxylic acids is 1. The van der Waals surface area contributed by atoms with Gasteiger partial charge in [-0.2, -0.15) is 4.98 Å². The predicted molar refractivity (Wildman–Crippen MR) is 100 cm³/mol. The normalized spacial score (nSPS) is 23.9. The number of rotatable bonds is 5. The molecule has 0 aromatic carbocycles. The molecule has 26 heavy (non-hydrogen) atoms. The van der Waals surface area contributed by atoms with E-state index in [1.54, 1.807) is 0 Å². The lowest BCUT2D eigenvalue weighted by atomic mass is 10.2. The number of aliphatic hydroxyl groups is 1. The van der Waals surface area contributed by atoms with E-state index in [1.807, 2.05) is 0 Å². The Bertz CT molecular complexity index is 713. The topological polar surface area (TPSA) is 103 Å². The zero-order valence-electron chi connectivity index (χ0n) is 16.3. The van der Waals surface area contributed by atoms with Crippen molar-refractivity contribution in [3.8, 4) is 0 Å². The highest BCUT2D eigenvalue weighted by Gasteiger charge is 2.41. The number of ether oxygens (including phenoxy) is 1. The van der Waals surface area contributed by atoms with Crippen LogP contribution in [0.15, 0.2) is 17.1 Å². The van der Waals surface area contributed by atoms with Crippen molar-refractivity contribution in [2.45, 2.75) is 70.7 Å². The molecule has 0 aliphatic carbocycles. The minimum atomic E-state index is -1.95. The molecule has 0 radical (unpaired) electrons. The summed E-state index contributed by atoms with van der Waals surface area (Å²) in [7, 11) is -1.95. The Hall–Kier alpha value is -1.55. The van der Waals surface area contributed by atoms with Crippen LogP contribution < -0.4 is 11.0 Å². The quantitative estimate of drug-likeness (QED) is 0.753. The molecule has 1 amide bonds. The van der Waals surface area contributed by atoms with Crippen LogP contribution in [0.4, 0.5) is 5.82 Å². The Kier molecular flexibility index (Phi) is 6.06. The van der Waals surface area contributed by atoms with Gasteiger partial charge in [-0.15, -0.1) is 0 Å². The fourth-order valence-electron chi connectivity index (χ4n) is 2.42. The summed E-state index contributed by atoms with van der Waals surface area (Å²) < 4.78 is 13.3. The van der Waals surface area contributed by atoms with Gasteiger partial charge in [0.25, 0.3) is 0 Å². The zero-order chi connectivity index (χ0) is 19.7. The molecule has 9 heteroatoms. The number of carbonyl (C=O) groups is 1. The van der Waals surface area contributed by atoms with Gasteiger partial charge in [-0.05, 0) is 24.2 Å². The summed E-state index contributed by atoms with van der Waals surface area (Å²) in [6.07, 6.45) is -0.0195. The average Bonchev–Trinajstić information content (AvgIpc) is 2.84. The molecule has 1 aromatic heterocycles. The number of aromatic nitrogens is 2. The lowest BCUT2D eigenvalue weighted by molar-refractivity contribution is -0.114. The molecule has 2 heterocycles. The molecule has 2 rings (SSSR count). The van der Waals surface area contributed by atoms with Crippen LogP contribution in [0.3, 0.4) is 0 Å². The minimum absolute atomic E-state index is 0.0658. The van der Waals surface area contributed by atoms with Gasteiger partial charge in [-0.25, -0.2) is 4.79 Å². The number of anilines is 1. The highest BCUT2D eigenvalue weighted by atomic mass is 28.4. The molecule has 1 aliphatic rings. The van der Waals surface area contributed by atoms with E-state index in [0.29, 0.717) is 6.61 Å². The van der Waals surface area contributed by atoms with Crippen molar-refractivity contribution < 1.29 is 19.1 Å². The lowest BCUT2D eigenvalue weighted by Crippen LogP contribution is -2.43. The third-order valence-corrected chi connectivity index (χ3v) is 9.56. The maximum absolute atomic E-state index is 12.2. The SMILES string of the molecule is CC(=O)Nc1ccn(C2CC(O)C(CO[Si](C)(C)C(C)(C)C)O2)c(=O)n1. The summed E-state index contributed by atoms with van der Waals surface area (Å²) in [5.74, 6) is -0.111. The fourth-order valence-corrected chi connectivity index (χ4v) is 3.44. The monoisotopic (exact) mass is 383 g/mol. The van der Waals surface area contributed by atoms with Gasteiger partial charge < -0.3 is 19.6 Å². The van der Waals surface area contributed by atoms with E-state index in [2.05, 4.69) is 44.2 Å². The predicted octanol–water partition coefficient (Wildman–Crippen LogP) is 1.87. The third-order valence-electron chi connectivity index (χ3n) is 5.06. The van der Waals surface area contributed by atoms with Crippen LogP contribution in [0, 0.1) is 0 Å². The second-order valence-electron chi connectivity index (χ2n) is 8.19. The van der Waals surface area contributed by atoms with Crippen LogP contribution in [0.5, 0.6) is 0 Å². The van der Waals surface area contributed by atoms with Crippen molar-refractivity contribution >= 4 is 20.0 Å². The third kappa shape index (κ3) is 4.79. The summed E-state index contributed by atoms with van der Waals surface area (Å²) >= 11 is 0. The van der Waals surface area contributed by atoms with E-state index in [0.717, 1.165) is 0 Å². The first kappa shape index (κ1) is 20.8. The molecule has 146 valence electrons. The summed E-state index contributed by atoms with van der Waals surface area (Å²) in [6.45, 7) is 12.4. The molecule has 1 aliphatic heterocycles. The highest BCUT2D eigenvalue weighted by Crippen LogP contribution is 2.37. The van der Waals surface area contributed by atoms with Gasteiger partial charge in [-0.1, -0.05) is 20.8 Å². The van der Waals surface area contributed by atoms with Crippen LogP contribution >= 0.6 is 0 Å². The molecule has 0 saturated carbocycles. The second kappa shape index (κ2) is 7.59. The Morgan fingerprint density at radius 1 is 1.50 bits per heavy atom. The van der Waals surface area contributed by atoms with Gasteiger partial charge in [0.2, 0.25) is 5.91 Å². The van der Waals surface area contributed by atoms with Crippen molar-refractivity contribution in [3.05, 3.63) is 22.7 Å². The lowest BCUT2D eigenvalue weighted by Gasteiger charge is -2.37. The largest absolute Gasteiger partial charge is 0.414 e. The molecule has 0 spiro atoms. The number of hydrogen-bond donors (Lipinski definition) is 2. The zero-order valence-corrected chi connectivity index (χ0v) is 17.3. The number of nitrogens with zero attached hydrogens (tertiary/aromatic N) is 2. The van der Waals surface area contributed by atoms with E-state index in [1.165, 1.54) is 23.8 Å². The van der Waals surface area contributed by atoms with Crippen molar-refractivity contribution in [1.29, 1.82) is 0 Å². The Balaban J connectivity index is 2.04. The maximum Gasteiger partial charge on any atom is 0.351 e. The van der Waals surface area contributed by atoms with Crippen LogP contribution in [-0.2, 0) is 14.0 Å². The Morgan fingerprint density at radius 3 is 2.69 bits per heavy atom. The van der Waals surface area contributed by atoms with Crippen LogP contribution in [0.1, 0.15) is 40.3 Å². The summed E-state index contributed by atoms with van der Waals surface area (Å²) in [5.41, 5.74) is -0.542. The van der Waals surface area contributed by atoms with Gasteiger partial charge in [0.15, 0.2) is 8.32 Å². The van der Waals surface area contributed by atoms with Gasteiger partial charge >= 0.3 is 5.69 Å². The van der Waals surface area contributed by atoms with Gasteiger partial charge in [0.05, 0.1) is 12.7 Å². The summed E-state index contributed by atoms with van der Waals surface area (Å²) in [6, 6.07) is 1.53. The minimum Gasteiger partial charge on any atom is -0.414 e. The van der Waals surface area contributed by atoms with E-state index in [4.69, 9.17) is 9.16 Å². The van der Waals surface area contributed by atoms with Gasteiger partial charge in [-0.3, -0.25) is 9.36 Å². The number of nitrogens with one attached hydrogen (secondary N) is 1. The van der Waals surface area contributed by atoms with E-state index in [9.17, 15) is 14.7 Å². The standard InChI is InChI=1S/C17H29N3O5Si/c1-11(21)18-14-7-8-20(16(23)19-14)15-9-12(22)13(25-15)10-24-26(5,6)17(2,3)4/h7-8,12-13,15,22H,9-10H2,1-6H3,(H,18,19,21,23). The molecule has 1 fully saturated rings. The summed E-state index contributed by atoms with van der Waals surface area (Å²) in [4.78, 5) is 27.0. The highest BCUT2D eigenvalue weighted by molar-refractivity contribution is 6.74. The second-order valence-corrected chi connectivity index (χ2v) is 13.0.